The minimum atomic E-state index is -0.163. The van der Waals surface area contributed by atoms with Crippen LogP contribution in [0.15, 0.2) is 34.9 Å². The van der Waals surface area contributed by atoms with E-state index in [0.29, 0.717) is 11.4 Å². The molecule has 0 aliphatic carbocycles. The first kappa shape index (κ1) is 15.5. The summed E-state index contributed by atoms with van der Waals surface area (Å²) in [6, 6.07) is 7.65. The van der Waals surface area contributed by atoms with E-state index in [0.717, 1.165) is 27.8 Å². The van der Waals surface area contributed by atoms with Crippen LogP contribution in [0, 0.1) is 13.8 Å². The number of rotatable bonds is 4. The minimum absolute atomic E-state index is 0.163. The Morgan fingerprint density at radius 3 is 2.71 bits per heavy atom. The summed E-state index contributed by atoms with van der Waals surface area (Å²) >= 11 is 3.36. The van der Waals surface area contributed by atoms with E-state index in [2.05, 4.69) is 31.5 Å². The molecule has 0 unspecified atom stereocenters. The summed E-state index contributed by atoms with van der Waals surface area (Å²) < 4.78 is 0.890. The van der Waals surface area contributed by atoms with E-state index in [1.807, 2.05) is 45.0 Å². The maximum atomic E-state index is 12.5. The van der Waals surface area contributed by atoms with Crippen LogP contribution in [-0.4, -0.2) is 17.4 Å². The fourth-order valence-electron chi connectivity index (χ4n) is 2.04. The van der Waals surface area contributed by atoms with E-state index < -0.39 is 0 Å². The molecule has 110 valence electrons. The lowest BCUT2D eigenvalue weighted by atomic mass is 10.1. The average Bonchev–Trinajstić information content (AvgIpc) is 2.42. The molecule has 2 N–H and O–H groups in total. The van der Waals surface area contributed by atoms with Gasteiger partial charge in [0.25, 0.3) is 5.91 Å². The number of hydrogen-bond donors (Lipinski definition) is 2. The number of carbonyl (C=O) groups is 1. The zero-order valence-corrected chi connectivity index (χ0v) is 13.9. The van der Waals surface area contributed by atoms with Crippen molar-refractivity contribution in [2.24, 2.45) is 0 Å². The van der Waals surface area contributed by atoms with Crippen molar-refractivity contribution < 1.29 is 4.79 Å². The van der Waals surface area contributed by atoms with Gasteiger partial charge < -0.3 is 10.6 Å². The van der Waals surface area contributed by atoms with Crippen LogP contribution in [0.25, 0.3) is 0 Å². The number of aromatic nitrogens is 1. The van der Waals surface area contributed by atoms with Gasteiger partial charge in [0.05, 0.1) is 5.56 Å². The van der Waals surface area contributed by atoms with Crippen LogP contribution in [0.3, 0.4) is 0 Å². The number of amides is 1. The smallest absolute Gasteiger partial charge is 0.258 e. The van der Waals surface area contributed by atoms with E-state index in [1.165, 1.54) is 0 Å². The Labute approximate surface area is 133 Å². The predicted octanol–water partition coefficient (Wildman–Crippen LogP) is 4.15. The molecule has 5 heteroatoms. The third kappa shape index (κ3) is 3.82. The number of carbonyl (C=O) groups excluding carboxylic acids is 1. The Bertz CT molecular complexity index is 671. The number of pyridine rings is 1. The molecule has 1 aromatic carbocycles. The van der Waals surface area contributed by atoms with Gasteiger partial charge in [-0.2, -0.15) is 0 Å². The minimum Gasteiger partial charge on any atom is -0.385 e. The molecule has 2 rings (SSSR count). The summed E-state index contributed by atoms with van der Waals surface area (Å²) in [5.74, 6) is 0.412. The lowest BCUT2D eigenvalue weighted by molar-refractivity contribution is 0.102. The molecule has 0 saturated heterocycles. The number of aryl methyl sites for hydroxylation is 2. The van der Waals surface area contributed by atoms with Gasteiger partial charge in [0.2, 0.25) is 0 Å². The van der Waals surface area contributed by atoms with Gasteiger partial charge in [-0.15, -0.1) is 0 Å². The highest BCUT2D eigenvalue weighted by atomic mass is 79.9. The summed E-state index contributed by atoms with van der Waals surface area (Å²) in [5, 5.41) is 6.08. The van der Waals surface area contributed by atoms with Gasteiger partial charge in [0.15, 0.2) is 0 Å². The zero-order valence-electron chi connectivity index (χ0n) is 12.3. The first-order valence-corrected chi connectivity index (χ1v) is 7.58. The number of anilines is 2. The normalized spacial score (nSPS) is 10.3. The molecule has 0 saturated carbocycles. The topological polar surface area (TPSA) is 54.0 Å². The van der Waals surface area contributed by atoms with Crippen molar-refractivity contribution in [1.82, 2.24) is 4.98 Å². The summed E-state index contributed by atoms with van der Waals surface area (Å²) in [5.41, 5.74) is 3.48. The Hall–Kier alpha value is -1.88. The van der Waals surface area contributed by atoms with Crippen molar-refractivity contribution in [2.75, 3.05) is 17.2 Å². The molecule has 0 fully saturated rings. The van der Waals surface area contributed by atoms with Gasteiger partial charge in [-0.1, -0.05) is 6.07 Å². The van der Waals surface area contributed by atoms with Crippen molar-refractivity contribution in [2.45, 2.75) is 20.8 Å². The van der Waals surface area contributed by atoms with Crippen molar-refractivity contribution in [3.63, 3.8) is 0 Å². The maximum absolute atomic E-state index is 12.5. The molecule has 2 aromatic rings. The second-order valence-electron chi connectivity index (χ2n) is 4.85. The maximum Gasteiger partial charge on any atom is 0.258 e. The second kappa shape index (κ2) is 6.72. The van der Waals surface area contributed by atoms with E-state index >= 15 is 0 Å². The van der Waals surface area contributed by atoms with Crippen LogP contribution in [-0.2, 0) is 0 Å². The molecule has 1 heterocycles. The van der Waals surface area contributed by atoms with Gasteiger partial charge in [-0.25, -0.2) is 4.98 Å². The number of nitrogens with one attached hydrogen (secondary N) is 2. The highest BCUT2D eigenvalue weighted by Crippen LogP contribution is 2.21. The fourth-order valence-corrected chi connectivity index (χ4v) is 2.48. The van der Waals surface area contributed by atoms with Crippen LogP contribution in [0.1, 0.15) is 28.4 Å². The van der Waals surface area contributed by atoms with E-state index in [9.17, 15) is 4.79 Å². The predicted molar refractivity (Wildman–Crippen MR) is 90.0 cm³/mol. The largest absolute Gasteiger partial charge is 0.385 e. The third-order valence-corrected chi connectivity index (χ3v) is 3.50. The molecule has 0 spiro atoms. The van der Waals surface area contributed by atoms with Gasteiger partial charge >= 0.3 is 0 Å². The quantitative estimate of drug-likeness (QED) is 0.873. The molecule has 0 bridgehead atoms. The Morgan fingerprint density at radius 2 is 2.05 bits per heavy atom. The lowest BCUT2D eigenvalue weighted by Crippen LogP contribution is -2.16. The molecular weight excluding hydrogens is 330 g/mol. The molecule has 0 aliphatic heterocycles. The molecule has 0 atom stereocenters. The van der Waals surface area contributed by atoms with E-state index in [1.54, 1.807) is 6.20 Å². The van der Waals surface area contributed by atoms with Crippen LogP contribution in [0.2, 0.25) is 0 Å². The van der Waals surface area contributed by atoms with E-state index in [4.69, 9.17) is 0 Å². The SMILES string of the molecule is CCNc1cc(C)ccc1C(=O)Nc1ncc(Br)cc1C. The third-order valence-electron chi connectivity index (χ3n) is 3.06. The molecule has 1 aromatic heterocycles. The van der Waals surface area contributed by atoms with Crippen LogP contribution < -0.4 is 10.6 Å². The number of nitrogens with zero attached hydrogens (tertiary/aromatic N) is 1. The molecule has 21 heavy (non-hydrogen) atoms. The van der Waals surface area contributed by atoms with Crippen LogP contribution >= 0.6 is 15.9 Å². The molecule has 0 aliphatic rings. The standard InChI is InChI=1S/C16H18BrN3O/c1-4-18-14-7-10(2)5-6-13(14)16(21)20-15-11(3)8-12(17)9-19-15/h5-9,18H,4H2,1-3H3,(H,19,20,21). The summed E-state index contributed by atoms with van der Waals surface area (Å²) in [7, 11) is 0. The Kier molecular flexibility index (Phi) is 4.96. The number of hydrogen-bond acceptors (Lipinski definition) is 3. The second-order valence-corrected chi connectivity index (χ2v) is 5.77. The van der Waals surface area contributed by atoms with Gasteiger partial charge in [0, 0.05) is 22.9 Å². The lowest BCUT2D eigenvalue weighted by Gasteiger charge is -2.13. The van der Waals surface area contributed by atoms with Crippen LogP contribution in [0.4, 0.5) is 11.5 Å². The highest BCUT2D eigenvalue weighted by molar-refractivity contribution is 9.10. The Balaban J connectivity index is 2.28. The summed E-state index contributed by atoms with van der Waals surface area (Å²) in [6.07, 6.45) is 1.67. The molecule has 0 radical (unpaired) electrons. The van der Waals surface area contributed by atoms with Crippen LogP contribution in [0.5, 0.6) is 0 Å². The average molecular weight is 348 g/mol. The van der Waals surface area contributed by atoms with Crippen molar-refractivity contribution in [1.29, 1.82) is 0 Å². The first-order valence-electron chi connectivity index (χ1n) is 6.79. The zero-order chi connectivity index (χ0) is 15.4. The first-order chi connectivity index (χ1) is 10.0. The van der Waals surface area contributed by atoms with Gasteiger partial charge in [-0.3, -0.25) is 4.79 Å². The molecular formula is C16H18BrN3O. The monoisotopic (exact) mass is 347 g/mol. The summed E-state index contributed by atoms with van der Waals surface area (Å²) in [4.78, 5) is 16.7. The van der Waals surface area contributed by atoms with Crippen molar-refractivity contribution in [3.05, 3.63) is 51.6 Å². The fraction of sp³-hybridized carbons (Fsp3) is 0.250. The number of benzene rings is 1. The number of halogens is 1. The van der Waals surface area contributed by atoms with E-state index in [-0.39, 0.29) is 5.91 Å². The molecule has 4 nitrogen and oxygen atoms in total. The highest BCUT2D eigenvalue weighted by Gasteiger charge is 2.13. The van der Waals surface area contributed by atoms with Crippen molar-refractivity contribution >= 4 is 33.3 Å². The van der Waals surface area contributed by atoms with Gasteiger partial charge in [-0.05, 0) is 66.0 Å². The molecule has 1 amide bonds. The Morgan fingerprint density at radius 1 is 1.29 bits per heavy atom. The van der Waals surface area contributed by atoms with Gasteiger partial charge in [0.1, 0.15) is 5.82 Å². The van der Waals surface area contributed by atoms with Crippen molar-refractivity contribution in [3.8, 4) is 0 Å². The summed E-state index contributed by atoms with van der Waals surface area (Å²) in [6.45, 7) is 6.68.